The highest BCUT2D eigenvalue weighted by Crippen LogP contribution is 2.25. The number of hydrogen-bond acceptors (Lipinski definition) is 4. The fraction of sp³-hybridized carbons (Fsp3) is 0.500. The van der Waals surface area contributed by atoms with Crippen molar-refractivity contribution in [3.05, 3.63) is 54.1 Å². The first-order chi connectivity index (χ1) is 14.7. The molecule has 1 amide bonds. The van der Waals surface area contributed by atoms with Crippen molar-refractivity contribution in [2.45, 2.75) is 64.6 Å². The van der Waals surface area contributed by atoms with Crippen LogP contribution in [0, 0.1) is 0 Å². The number of piperidine rings is 1. The Morgan fingerprint density at radius 1 is 1.03 bits per heavy atom. The summed E-state index contributed by atoms with van der Waals surface area (Å²) in [4.78, 5) is 15.1. The van der Waals surface area contributed by atoms with Gasteiger partial charge in [0.2, 0.25) is 0 Å². The summed E-state index contributed by atoms with van der Waals surface area (Å²) < 4.78 is 12.0. The van der Waals surface area contributed by atoms with E-state index in [-0.39, 0.29) is 17.4 Å². The van der Waals surface area contributed by atoms with Crippen molar-refractivity contribution >= 4 is 11.6 Å². The van der Waals surface area contributed by atoms with Gasteiger partial charge in [-0.2, -0.15) is 0 Å². The average molecular weight is 425 g/mol. The maximum Gasteiger partial charge on any atom is 0.265 e. The lowest BCUT2D eigenvalue weighted by atomic mass is 9.87. The van der Waals surface area contributed by atoms with E-state index in [9.17, 15) is 4.79 Å². The van der Waals surface area contributed by atoms with Crippen LogP contribution in [0.15, 0.2) is 48.5 Å². The lowest BCUT2D eigenvalue weighted by Crippen LogP contribution is -2.35. The Balaban J connectivity index is 1.54. The van der Waals surface area contributed by atoms with Gasteiger partial charge in [0, 0.05) is 18.8 Å². The quantitative estimate of drug-likeness (QED) is 0.659. The third-order valence-corrected chi connectivity index (χ3v) is 5.75. The van der Waals surface area contributed by atoms with Crippen molar-refractivity contribution in [1.82, 2.24) is 4.90 Å². The molecule has 5 heteroatoms. The van der Waals surface area contributed by atoms with E-state index in [0.717, 1.165) is 37.4 Å². The van der Waals surface area contributed by atoms with E-state index < -0.39 is 6.10 Å². The van der Waals surface area contributed by atoms with Gasteiger partial charge in [-0.15, -0.1) is 0 Å². The van der Waals surface area contributed by atoms with Crippen molar-refractivity contribution in [3.8, 4) is 11.5 Å². The third-order valence-electron chi connectivity index (χ3n) is 5.75. The molecule has 0 aliphatic carbocycles. The van der Waals surface area contributed by atoms with Crippen molar-refractivity contribution in [2.75, 3.05) is 25.5 Å². The van der Waals surface area contributed by atoms with Gasteiger partial charge in [0.1, 0.15) is 17.6 Å². The molecule has 1 unspecified atom stereocenters. The Kier molecular flexibility index (Phi) is 7.60. The van der Waals surface area contributed by atoms with Crippen LogP contribution in [0.4, 0.5) is 5.69 Å². The van der Waals surface area contributed by atoms with Crippen molar-refractivity contribution < 1.29 is 14.3 Å². The van der Waals surface area contributed by atoms with E-state index in [2.05, 4.69) is 50.2 Å². The highest BCUT2D eigenvalue weighted by molar-refractivity contribution is 5.94. The zero-order valence-electron chi connectivity index (χ0n) is 19.5. The van der Waals surface area contributed by atoms with Crippen LogP contribution < -0.4 is 14.8 Å². The van der Waals surface area contributed by atoms with Gasteiger partial charge in [-0.3, -0.25) is 4.79 Å². The lowest BCUT2D eigenvalue weighted by Gasteiger charge is -2.29. The van der Waals surface area contributed by atoms with Gasteiger partial charge in [0.15, 0.2) is 6.10 Å². The molecule has 1 atom stereocenters. The first-order valence-electron chi connectivity index (χ1n) is 11.3. The molecule has 2 aromatic rings. The Morgan fingerprint density at radius 3 is 2.16 bits per heavy atom. The second-order valence-corrected chi connectivity index (χ2v) is 9.42. The fourth-order valence-corrected chi connectivity index (χ4v) is 3.65. The highest BCUT2D eigenvalue weighted by atomic mass is 16.5. The SMILES string of the molecule is CCC(Oc1ccc(C(C)(C)C)cc1)C(=O)Nc1ccc(OC2CCN(C)CC2)cc1. The Labute approximate surface area is 186 Å². The predicted octanol–water partition coefficient (Wildman–Crippen LogP) is 5.25. The number of likely N-dealkylation sites (tertiary alicyclic amines) is 1. The Morgan fingerprint density at radius 2 is 1.61 bits per heavy atom. The lowest BCUT2D eigenvalue weighted by molar-refractivity contribution is -0.122. The van der Waals surface area contributed by atoms with Crippen LogP contribution in [0.3, 0.4) is 0 Å². The molecular weight excluding hydrogens is 388 g/mol. The van der Waals surface area contributed by atoms with Crippen LogP contribution in [-0.2, 0) is 10.2 Å². The minimum atomic E-state index is -0.546. The van der Waals surface area contributed by atoms with Crippen LogP contribution in [0.2, 0.25) is 0 Å². The Bertz CT molecular complexity index is 832. The molecule has 3 rings (SSSR count). The zero-order valence-corrected chi connectivity index (χ0v) is 19.5. The summed E-state index contributed by atoms with van der Waals surface area (Å²) in [5, 5.41) is 2.96. The van der Waals surface area contributed by atoms with Crippen molar-refractivity contribution in [3.63, 3.8) is 0 Å². The molecule has 168 valence electrons. The molecule has 5 nitrogen and oxygen atoms in total. The molecule has 2 aromatic carbocycles. The summed E-state index contributed by atoms with van der Waals surface area (Å²) in [5.41, 5.74) is 2.06. The number of carbonyl (C=O) groups is 1. The molecule has 0 saturated carbocycles. The number of hydrogen-bond donors (Lipinski definition) is 1. The normalized spacial score (nSPS) is 16.5. The molecule has 0 radical (unpaired) electrons. The number of amides is 1. The summed E-state index contributed by atoms with van der Waals surface area (Å²) >= 11 is 0. The minimum Gasteiger partial charge on any atom is -0.490 e. The van der Waals surface area contributed by atoms with Gasteiger partial charge in [0.05, 0.1) is 0 Å². The van der Waals surface area contributed by atoms with E-state index in [1.54, 1.807) is 0 Å². The number of nitrogens with one attached hydrogen (secondary N) is 1. The van der Waals surface area contributed by atoms with Gasteiger partial charge in [-0.05, 0) is 73.7 Å². The molecule has 31 heavy (non-hydrogen) atoms. The van der Waals surface area contributed by atoms with Gasteiger partial charge < -0.3 is 19.7 Å². The predicted molar refractivity (Wildman–Crippen MR) is 126 cm³/mol. The number of nitrogens with zero attached hydrogens (tertiary/aromatic N) is 1. The monoisotopic (exact) mass is 424 g/mol. The standard InChI is InChI=1S/C26H36N2O3/c1-6-24(31-22-11-7-19(8-12-22)26(2,3)4)25(29)27-20-9-13-21(14-10-20)30-23-15-17-28(5)18-16-23/h7-14,23-24H,6,15-18H2,1-5H3,(H,27,29). The van der Waals surface area contributed by atoms with Crippen LogP contribution in [-0.4, -0.2) is 43.2 Å². The van der Waals surface area contributed by atoms with Crippen LogP contribution in [0.1, 0.15) is 52.5 Å². The maximum absolute atomic E-state index is 12.7. The van der Waals surface area contributed by atoms with Gasteiger partial charge in [-0.25, -0.2) is 0 Å². The zero-order chi connectivity index (χ0) is 22.4. The molecule has 1 heterocycles. The van der Waals surface area contributed by atoms with E-state index in [4.69, 9.17) is 9.47 Å². The number of anilines is 1. The molecule has 1 saturated heterocycles. The fourth-order valence-electron chi connectivity index (χ4n) is 3.65. The van der Waals surface area contributed by atoms with Crippen molar-refractivity contribution in [1.29, 1.82) is 0 Å². The smallest absolute Gasteiger partial charge is 0.265 e. The Hall–Kier alpha value is -2.53. The van der Waals surface area contributed by atoms with Gasteiger partial charge >= 0.3 is 0 Å². The number of benzene rings is 2. The molecule has 1 aliphatic rings. The maximum atomic E-state index is 12.7. The van der Waals surface area contributed by atoms with E-state index in [1.165, 1.54) is 5.56 Å². The summed E-state index contributed by atoms with van der Waals surface area (Å²) in [5.74, 6) is 1.40. The minimum absolute atomic E-state index is 0.0866. The van der Waals surface area contributed by atoms with E-state index >= 15 is 0 Å². The second-order valence-electron chi connectivity index (χ2n) is 9.42. The van der Waals surface area contributed by atoms with E-state index in [0.29, 0.717) is 12.2 Å². The summed E-state index contributed by atoms with van der Waals surface area (Å²) in [6.07, 6.45) is 2.39. The summed E-state index contributed by atoms with van der Waals surface area (Å²) in [6, 6.07) is 15.6. The third kappa shape index (κ3) is 6.73. The van der Waals surface area contributed by atoms with Gasteiger partial charge in [0.25, 0.3) is 5.91 Å². The molecule has 0 aromatic heterocycles. The summed E-state index contributed by atoms with van der Waals surface area (Å²) in [6.45, 7) is 10.6. The first kappa shape index (κ1) is 23.1. The topological polar surface area (TPSA) is 50.8 Å². The van der Waals surface area contributed by atoms with Gasteiger partial charge in [-0.1, -0.05) is 39.8 Å². The molecule has 0 bridgehead atoms. The molecular formula is C26H36N2O3. The first-order valence-corrected chi connectivity index (χ1v) is 11.3. The number of rotatable bonds is 7. The summed E-state index contributed by atoms with van der Waals surface area (Å²) in [7, 11) is 2.14. The van der Waals surface area contributed by atoms with E-state index in [1.807, 2.05) is 43.3 Å². The van der Waals surface area contributed by atoms with Crippen LogP contribution >= 0.6 is 0 Å². The molecule has 1 N–H and O–H groups in total. The largest absolute Gasteiger partial charge is 0.490 e. The van der Waals surface area contributed by atoms with Crippen LogP contribution in [0.5, 0.6) is 11.5 Å². The molecule has 1 aliphatic heterocycles. The average Bonchev–Trinajstić information content (AvgIpc) is 2.74. The highest BCUT2D eigenvalue weighted by Gasteiger charge is 2.20. The second kappa shape index (κ2) is 10.2. The van der Waals surface area contributed by atoms with Crippen molar-refractivity contribution in [2.24, 2.45) is 0 Å². The number of ether oxygens (including phenoxy) is 2. The number of carbonyl (C=O) groups excluding carboxylic acids is 1. The molecule has 1 fully saturated rings. The molecule has 0 spiro atoms. The van der Waals surface area contributed by atoms with Crippen LogP contribution in [0.25, 0.3) is 0 Å².